The summed E-state index contributed by atoms with van der Waals surface area (Å²) in [4.78, 5) is 9.82. The fourth-order valence-corrected chi connectivity index (χ4v) is 0.587. The zero-order valence-electron chi connectivity index (χ0n) is 6.34. The first kappa shape index (κ1) is 11.5. The Morgan fingerprint density at radius 3 is 1.92 bits per heavy atom. The average Bonchev–Trinajstić information content (AvgIpc) is 2.00. The summed E-state index contributed by atoms with van der Waals surface area (Å²) in [5.41, 5.74) is 0. The van der Waals surface area contributed by atoms with Crippen LogP contribution in [0.25, 0.3) is 0 Å². The van der Waals surface area contributed by atoms with E-state index in [1.807, 2.05) is 0 Å². The van der Waals surface area contributed by atoms with Gasteiger partial charge in [-0.2, -0.15) is 0 Å². The SMILES string of the molecule is O=CCCC(O)(O)C(O)(O)CO. The summed E-state index contributed by atoms with van der Waals surface area (Å²) in [5.74, 6) is -5.88. The molecule has 0 aromatic carbocycles. The highest BCUT2D eigenvalue weighted by molar-refractivity contribution is 5.49. The monoisotopic (exact) mass is 180 g/mol. The number of hydrogen-bond acceptors (Lipinski definition) is 6. The van der Waals surface area contributed by atoms with Gasteiger partial charge in [-0.3, -0.25) is 0 Å². The second-order valence-electron chi connectivity index (χ2n) is 2.50. The van der Waals surface area contributed by atoms with E-state index in [0.717, 1.165) is 0 Å². The Hall–Kier alpha value is -0.530. The third kappa shape index (κ3) is 2.50. The Morgan fingerprint density at radius 1 is 1.08 bits per heavy atom. The number of aliphatic hydroxyl groups is 5. The van der Waals surface area contributed by atoms with Gasteiger partial charge >= 0.3 is 0 Å². The summed E-state index contributed by atoms with van der Waals surface area (Å²) in [5, 5.41) is 43.7. The summed E-state index contributed by atoms with van der Waals surface area (Å²) < 4.78 is 0. The molecule has 0 fully saturated rings. The van der Waals surface area contributed by atoms with Crippen LogP contribution >= 0.6 is 0 Å². The molecule has 0 aromatic rings. The van der Waals surface area contributed by atoms with Crippen LogP contribution in [0.1, 0.15) is 12.8 Å². The quantitative estimate of drug-likeness (QED) is 0.232. The van der Waals surface area contributed by atoms with Crippen molar-refractivity contribution < 1.29 is 30.3 Å². The fourth-order valence-electron chi connectivity index (χ4n) is 0.587. The minimum absolute atomic E-state index is 0.240. The van der Waals surface area contributed by atoms with Gasteiger partial charge in [0.15, 0.2) is 0 Å². The lowest BCUT2D eigenvalue weighted by Gasteiger charge is -2.32. The maximum Gasteiger partial charge on any atom is 0.242 e. The summed E-state index contributed by atoms with van der Waals surface area (Å²) in [6.45, 7) is -1.22. The van der Waals surface area contributed by atoms with Crippen molar-refractivity contribution in [3.8, 4) is 0 Å². The normalized spacial score (nSPS) is 13.1. The summed E-state index contributed by atoms with van der Waals surface area (Å²) in [6.07, 6.45) is -0.394. The smallest absolute Gasteiger partial charge is 0.242 e. The number of rotatable bonds is 5. The minimum atomic E-state index is -3.00. The molecule has 0 aliphatic heterocycles. The van der Waals surface area contributed by atoms with Gasteiger partial charge in [0.05, 0.1) is 0 Å². The predicted molar refractivity (Wildman–Crippen MR) is 36.7 cm³/mol. The molecule has 0 saturated carbocycles. The highest BCUT2D eigenvalue weighted by Gasteiger charge is 2.46. The molecule has 0 unspecified atom stereocenters. The largest absolute Gasteiger partial charge is 0.391 e. The van der Waals surface area contributed by atoms with E-state index in [2.05, 4.69) is 0 Å². The summed E-state index contributed by atoms with van der Waals surface area (Å²) in [6, 6.07) is 0. The number of aliphatic hydroxyl groups excluding tert-OH is 1. The number of carbonyl (C=O) groups excluding carboxylic acids is 1. The molecule has 0 spiro atoms. The molecule has 6 nitrogen and oxygen atoms in total. The van der Waals surface area contributed by atoms with Gasteiger partial charge in [0.2, 0.25) is 11.6 Å². The number of hydrogen-bond donors (Lipinski definition) is 5. The lowest BCUT2D eigenvalue weighted by atomic mass is 10.0. The van der Waals surface area contributed by atoms with E-state index in [-0.39, 0.29) is 6.42 Å². The molecule has 0 radical (unpaired) electrons. The van der Waals surface area contributed by atoms with Gasteiger partial charge in [-0.25, -0.2) is 0 Å². The van der Waals surface area contributed by atoms with E-state index in [0.29, 0.717) is 6.29 Å². The van der Waals surface area contributed by atoms with E-state index in [4.69, 9.17) is 25.5 Å². The Kier molecular flexibility index (Phi) is 3.75. The maximum absolute atomic E-state index is 9.82. The van der Waals surface area contributed by atoms with Crippen molar-refractivity contribution in [3.63, 3.8) is 0 Å². The molecule has 0 amide bonds. The second-order valence-corrected chi connectivity index (χ2v) is 2.50. The van der Waals surface area contributed by atoms with Crippen molar-refractivity contribution in [2.75, 3.05) is 6.61 Å². The van der Waals surface area contributed by atoms with Crippen LogP contribution in [-0.4, -0.2) is 50.0 Å². The second kappa shape index (κ2) is 3.92. The van der Waals surface area contributed by atoms with Crippen molar-refractivity contribution in [2.24, 2.45) is 0 Å². The average molecular weight is 180 g/mol. The maximum atomic E-state index is 9.82. The van der Waals surface area contributed by atoms with E-state index in [9.17, 15) is 4.79 Å². The highest BCUT2D eigenvalue weighted by Crippen LogP contribution is 2.21. The molecule has 72 valence electrons. The van der Waals surface area contributed by atoms with Crippen molar-refractivity contribution in [1.82, 2.24) is 0 Å². The van der Waals surface area contributed by atoms with Crippen molar-refractivity contribution in [1.29, 1.82) is 0 Å². The van der Waals surface area contributed by atoms with E-state index >= 15 is 0 Å². The summed E-state index contributed by atoms with van der Waals surface area (Å²) >= 11 is 0. The van der Waals surface area contributed by atoms with Crippen LogP contribution in [0.15, 0.2) is 0 Å². The van der Waals surface area contributed by atoms with Gasteiger partial charge in [0.25, 0.3) is 0 Å². The van der Waals surface area contributed by atoms with Crippen LogP contribution in [-0.2, 0) is 4.79 Å². The molecule has 6 heteroatoms. The molecule has 0 rings (SSSR count). The Labute approximate surface area is 68.7 Å². The van der Waals surface area contributed by atoms with E-state index < -0.39 is 24.6 Å². The Balaban J connectivity index is 4.26. The van der Waals surface area contributed by atoms with Gasteiger partial charge < -0.3 is 30.3 Å². The molecule has 0 aliphatic rings. The molecule has 0 atom stereocenters. The lowest BCUT2D eigenvalue weighted by molar-refractivity contribution is -0.367. The number of aldehydes is 1. The topological polar surface area (TPSA) is 118 Å². The standard InChI is InChI=1S/C6H12O6/c7-3-1-2-5(9,10)6(11,12)4-8/h3,8-12H,1-2,4H2. The van der Waals surface area contributed by atoms with Crippen LogP contribution in [0.2, 0.25) is 0 Å². The molecule has 0 aliphatic carbocycles. The van der Waals surface area contributed by atoms with Gasteiger partial charge in [-0.1, -0.05) is 0 Å². The van der Waals surface area contributed by atoms with Crippen LogP contribution in [0.4, 0.5) is 0 Å². The van der Waals surface area contributed by atoms with Gasteiger partial charge in [0, 0.05) is 12.8 Å². The van der Waals surface area contributed by atoms with Gasteiger partial charge in [0.1, 0.15) is 12.9 Å². The molecule has 0 aromatic heterocycles. The molecule has 12 heavy (non-hydrogen) atoms. The zero-order valence-corrected chi connectivity index (χ0v) is 6.34. The van der Waals surface area contributed by atoms with E-state index in [1.165, 1.54) is 0 Å². The Morgan fingerprint density at radius 2 is 1.58 bits per heavy atom. The van der Waals surface area contributed by atoms with Crippen LogP contribution in [0.5, 0.6) is 0 Å². The third-order valence-corrected chi connectivity index (χ3v) is 1.47. The van der Waals surface area contributed by atoms with Crippen LogP contribution in [0.3, 0.4) is 0 Å². The van der Waals surface area contributed by atoms with Crippen molar-refractivity contribution in [3.05, 3.63) is 0 Å². The van der Waals surface area contributed by atoms with Gasteiger partial charge in [-0.15, -0.1) is 0 Å². The minimum Gasteiger partial charge on any atom is -0.391 e. The number of carbonyl (C=O) groups is 1. The third-order valence-electron chi connectivity index (χ3n) is 1.47. The molecular weight excluding hydrogens is 168 g/mol. The fraction of sp³-hybridized carbons (Fsp3) is 0.833. The first-order chi connectivity index (χ1) is 5.37. The van der Waals surface area contributed by atoms with Crippen LogP contribution < -0.4 is 0 Å². The lowest BCUT2D eigenvalue weighted by Crippen LogP contribution is -2.56. The molecule has 0 bridgehead atoms. The van der Waals surface area contributed by atoms with Crippen LogP contribution in [0, 0.1) is 0 Å². The summed E-state index contributed by atoms with van der Waals surface area (Å²) in [7, 11) is 0. The van der Waals surface area contributed by atoms with E-state index in [1.54, 1.807) is 0 Å². The molecular formula is C6H12O6. The van der Waals surface area contributed by atoms with Gasteiger partial charge in [-0.05, 0) is 0 Å². The molecule has 0 saturated heterocycles. The predicted octanol–water partition coefficient (Wildman–Crippen LogP) is -2.68. The highest BCUT2D eigenvalue weighted by atomic mass is 16.6. The zero-order chi connectivity index (χ0) is 9.83. The van der Waals surface area contributed by atoms with Crippen molar-refractivity contribution >= 4 is 6.29 Å². The molecule has 0 heterocycles. The van der Waals surface area contributed by atoms with Crippen molar-refractivity contribution in [2.45, 2.75) is 24.4 Å². The molecule has 5 N–H and O–H groups in total. The Bertz CT molecular complexity index is 152. The first-order valence-corrected chi connectivity index (χ1v) is 3.31. The first-order valence-electron chi connectivity index (χ1n) is 3.31.